The van der Waals surface area contributed by atoms with E-state index in [9.17, 15) is 0 Å². The van der Waals surface area contributed by atoms with Crippen LogP contribution in [0.4, 0.5) is 0 Å². The second-order valence-electron chi connectivity index (χ2n) is 6.12. The minimum atomic E-state index is -0.185. The van der Waals surface area contributed by atoms with Gasteiger partial charge >= 0.3 is 0 Å². The van der Waals surface area contributed by atoms with Crippen molar-refractivity contribution in [3.05, 3.63) is 30.3 Å². The van der Waals surface area contributed by atoms with E-state index in [2.05, 4.69) is 36.0 Å². The summed E-state index contributed by atoms with van der Waals surface area (Å²) in [6.07, 6.45) is 3.59. The van der Waals surface area contributed by atoms with Gasteiger partial charge in [-0.3, -0.25) is 4.68 Å². The molecule has 0 saturated carbocycles. The third-order valence-electron chi connectivity index (χ3n) is 3.24. The van der Waals surface area contributed by atoms with Gasteiger partial charge in [0.1, 0.15) is 0 Å². The van der Waals surface area contributed by atoms with E-state index in [4.69, 9.17) is 4.42 Å². The van der Waals surface area contributed by atoms with Crippen molar-refractivity contribution < 1.29 is 4.42 Å². The summed E-state index contributed by atoms with van der Waals surface area (Å²) in [7, 11) is 1.90. The Labute approximate surface area is 123 Å². The van der Waals surface area contributed by atoms with Crippen LogP contribution in [0.3, 0.4) is 0 Å². The highest BCUT2D eigenvalue weighted by molar-refractivity contribution is 5.61. The Morgan fingerprint density at radius 3 is 2.48 bits per heavy atom. The molecule has 110 valence electrons. The average Bonchev–Trinajstić information content (AvgIpc) is 3.06. The molecule has 0 radical (unpaired) electrons. The largest absolute Gasteiger partial charge is 0.461 e. The first-order valence-electron chi connectivity index (χ1n) is 6.88. The highest BCUT2D eigenvalue weighted by atomic mass is 16.3. The van der Waals surface area contributed by atoms with Gasteiger partial charge in [-0.05, 0) is 39.8 Å². The fourth-order valence-electron chi connectivity index (χ4n) is 2.28. The molecule has 0 saturated heterocycles. The Balaban J connectivity index is 2.21. The van der Waals surface area contributed by atoms with E-state index in [0.717, 1.165) is 17.1 Å². The van der Waals surface area contributed by atoms with Crippen LogP contribution in [0, 0.1) is 6.92 Å². The zero-order chi connectivity index (χ0) is 15.2. The molecule has 3 heterocycles. The van der Waals surface area contributed by atoms with E-state index in [-0.39, 0.29) is 5.54 Å². The van der Waals surface area contributed by atoms with Crippen molar-refractivity contribution in [1.29, 1.82) is 0 Å². The maximum atomic E-state index is 5.41. The zero-order valence-electron chi connectivity index (χ0n) is 13.0. The Hall–Kier alpha value is -2.37. The molecule has 0 aliphatic heterocycles. The minimum absolute atomic E-state index is 0.185. The number of hydrogen-bond donors (Lipinski definition) is 0. The maximum Gasteiger partial charge on any atom is 0.217 e. The van der Waals surface area contributed by atoms with Gasteiger partial charge in [0.25, 0.3) is 0 Å². The molecule has 0 amide bonds. The molecule has 3 rings (SSSR count). The molecule has 3 aromatic rings. The molecular weight excluding hydrogens is 266 g/mol. The summed E-state index contributed by atoms with van der Waals surface area (Å²) in [5.74, 6) is 2.06. The van der Waals surface area contributed by atoms with Gasteiger partial charge in [0.05, 0.1) is 23.1 Å². The van der Waals surface area contributed by atoms with Crippen molar-refractivity contribution in [3.63, 3.8) is 0 Å². The van der Waals surface area contributed by atoms with Crippen LogP contribution in [0.2, 0.25) is 0 Å². The van der Waals surface area contributed by atoms with Crippen LogP contribution < -0.4 is 0 Å². The van der Waals surface area contributed by atoms with Crippen molar-refractivity contribution in [3.8, 4) is 23.0 Å². The van der Waals surface area contributed by atoms with Crippen LogP contribution in [0.15, 0.2) is 29.0 Å². The average molecular weight is 285 g/mol. The fraction of sp³-hybridized carbons (Fsp3) is 0.400. The topological polar surface area (TPSA) is 61.7 Å². The van der Waals surface area contributed by atoms with Gasteiger partial charge in [0.15, 0.2) is 11.6 Å². The molecule has 0 spiro atoms. The van der Waals surface area contributed by atoms with Crippen LogP contribution >= 0.6 is 0 Å². The molecule has 0 aliphatic carbocycles. The lowest BCUT2D eigenvalue weighted by Gasteiger charge is -2.20. The van der Waals surface area contributed by atoms with Crippen molar-refractivity contribution in [2.24, 2.45) is 7.05 Å². The number of hydrogen-bond acceptors (Lipinski definition) is 4. The summed E-state index contributed by atoms with van der Waals surface area (Å²) < 4.78 is 9.13. The second-order valence-corrected chi connectivity index (χ2v) is 6.12. The number of furan rings is 1. The van der Waals surface area contributed by atoms with E-state index in [0.29, 0.717) is 11.6 Å². The van der Waals surface area contributed by atoms with E-state index < -0.39 is 0 Å². The maximum absolute atomic E-state index is 5.41. The van der Waals surface area contributed by atoms with Gasteiger partial charge in [-0.2, -0.15) is 5.10 Å². The molecule has 6 heteroatoms. The number of aromatic nitrogens is 5. The number of aryl methyl sites for hydroxylation is 2. The molecule has 0 bridgehead atoms. The quantitative estimate of drug-likeness (QED) is 0.726. The van der Waals surface area contributed by atoms with Crippen molar-refractivity contribution in [2.45, 2.75) is 33.2 Å². The van der Waals surface area contributed by atoms with Crippen molar-refractivity contribution in [1.82, 2.24) is 24.5 Å². The molecular formula is C15H19N5O. The lowest BCUT2D eigenvalue weighted by molar-refractivity contribution is 0.359. The van der Waals surface area contributed by atoms with Gasteiger partial charge in [-0.25, -0.2) is 9.67 Å². The summed E-state index contributed by atoms with van der Waals surface area (Å²) in [4.78, 5) is 4.67. The highest BCUT2D eigenvalue weighted by Gasteiger charge is 2.25. The Kier molecular flexibility index (Phi) is 2.97. The highest BCUT2D eigenvalue weighted by Crippen LogP contribution is 2.29. The number of nitrogens with zero attached hydrogens (tertiary/aromatic N) is 5. The van der Waals surface area contributed by atoms with Gasteiger partial charge < -0.3 is 4.42 Å². The van der Waals surface area contributed by atoms with Crippen LogP contribution in [0.1, 0.15) is 26.5 Å². The summed E-state index contributed by atoms with van der Waals surface area (Å²) in [6, 6.07) is 3.70. The first-order chi connectivity index (χ1) is 9.86. The molecule has 3 aromatic heterocycles. The van der Waals surface area contributed by atoms with Crippen LogP contribution in [-0.2, 0) is 12.6 Å². The minimum Gasteiger partial charge on any atom is -0.461 e. The molecule has 0 atom stereocenters. The third kappa shape index (κ3) is 2.37. The molecule has 0 N–H and O–H groups in total. The van der Waals surface area contributed by atoms with E-state index >= 15 is 0 Å². The molecule has 0 aliphatic rings. The second kappa shape index (κ2) is 4.58. The van der Waals surface area contributed by atoms with Crippen molar-refractivity contribution in [2.75, 3.05) is 0 Å². The molecule has 0 fully saturated rings. The molecule has 6 nitrogen and oxygen atoms in total. The monoisotopic (exact) mass is 285 g/mol. The third-order valence-corrected chi connectivity index (χ3v) is 3.24. The molecule has 0 aromatic carbocycles. The lowest BCUT2D eigenvalue weighted by Crippen LogP contribution is -2.24. The van der Waals surface area contributed by atoms with Crippen LogP contribution in [0.25, 0.3) is 23.0 Å². The Morgan fingerprint density at radius 2 is 1.95 bits per heavy atom. The SMILES string of the molecule is Cc1nn(C)cc1-c1nc(-c2ccco2)nn1C(C)(C)C. The molecule has 21 heavy (non-hydrogen) atoms. The van der Waals surface area contributed by atoms with E-state index in [1.807, 2.05) is 37.0 Å². The summed E-state index contributed by atoms with van der Waals surface area (Å²) in [6.45, 7) is 8.28. The Bertz CT molecular complexity index is 759. The predicted molar refractivity (Wildman–Crippen MR) is 79.7 cm³/mol. The van der Waals surface area contributed by atoms with Gasteiger partial charge in [-0.15, -0.1) is 5.10 Å². The van der Waals surface area contributed by atoms with Crippen LogP contribution in [0.5, 0.6) is 0 Å². The Morgan fingerprint density at radius 1 is 1.19 bits per heavy atom. The van der Waals surface area contributed by atoms with Crippen molar-refractivity contribution >= 4 is 0 Å². The predicted octanol–water partition coefficient (Wildman–Crippen LogP) is 3.00. The normalized spacial score (nSPS) is 12.0. The standard InChI is InChI=1S/C15H19N5O/c1-10-11(9-19(5)17-10)14-16-13(12-7-6-8-21-12)18-20(14)15(2,3)4/h6-9H,1-5H3. The lowest BCUT2D eigenvalue weighted by atomic mass is 10.1. The fourth-order valence-corrected chi connectivity index (χ4v) is 2.28. The summed E-state index contributed by atoms with van der Waals surface area (Å²) in [5.41, 5.74) is 1.73. The van der Waals surface area contributed by atoms with Gasteiger partial charge in [-0.1, -0.05) is 0 Å². The van der Waals surface area contributed by atoms with Crippen LogP contribution in [-0.4, -0.2) is 24.5 Å². The van der Waals surface area contributed by atoms with E-state index in [1.54, 1.807) is 10.9 Å². The molecule has 0 unspecified atom stereocenters. The van der Waals surface area contributed by atoms with E-state index in [1.165, 1.54) is 0 Å². The smallest absolute Gasteiger partial charge is 0.217 e. The van der Waals surface area contributed by atoms with Gasteiger partial charge in [0.2, 0.25) is 5.82 Å². The summed E-state index contributed by atoms with van der Waals surface area (Å²) >= 11 is 0. The summed E-state index contributed by atoms with van der Waals surface area (Å²) in [5, 5.41) is 9.02. The first-order valence-corrected chi connectivity index (χ1v) is 6.88. The first kappa shape index (κ1) is 13.6. The zero-order valence-corrected chi connectivity index (χ0v) is 13.0. The van der Waals surface area contributed by atoms with Gasteiger partial charge in [0, 0.05) is 13.2 Å². The number of rotatable bonds is 2.